The van der Waals surface area contributed by atoms with Crippen molar-refractivity contribution in [2.45, 2.75) is 65.6 Å². The van der Waals surface area contributed by atoms with Crippen molar-refractivity contribution in [3.05, 3.63) is 64.2 Å². The lowest BCUT2D eigenvalue weighted by Crippen LogP contribution is -2.40. The van der Waals surface area contributed by atoms with Crippen molar-refractivity contribution < 1.29 is 29.0 Å². The number of benzene rings is 2. The highest BCUT2D eigenvalue weighted by molar-refractivity contribution is 6.31. The minimum Gasteiger partial charge on any atom is -0.508 e. The Morgan fingerprint density at radius 1 is 0.943 bits per heavy atom. The van der Waals surface area contributed by atoms with Gasteiger partial charge in [-0.3, -0.25) is 9.59 Å². The van der Waals surface area contributed by atoms with E-state index >= 15 is 0 Å². The monoisotopic (exact) mass is 503 g/mol. The van der Waals surface area contributed by atoms with Crippen molar-refractivity contribution in [1.82, 2.24) is 4.90 Å². The first kappa shape index (κ1) is 28.2. The molecule has 0 saturated carbocycles. The van der Waals surface area contributed by atoms with Crippen molar-refractivity contribution in [1.29, 1.82) is 0 Å². The van der Waals surface area contributed by atoms with E-state index in [-0.39, 0.29) is 31.2 Å². The lowest BCUT2D eigenvalue weighted by molar-refractivity contribution is -0.158. The highest BCUT2D eigenvalue weighted by Crippen LogP contribution is 2.22. The molecule has 2 aromatic carbocycles. The van der Waals surface area contributed by atoms with Gasteiger partial charge in [0, 0.05) is 11.6 Å². The normalized spacial score (nSPS) is 11.6. The Bertz CT molecular complexity index is 1070. The zero-order chi connectivity index (χ0) is 26.4. The van der Waals surface area contributed by atoms with Gasteiger partial charge < -0.3 is 19.5 Å². The minimum atomic E-state index is -0.687. The smallest absolute Gasteiger partial charge is 0.338 e. The average molecular weight is 504 g/mol. The van der Waals surface area contributed by atoms with Crippen LogP contribution in [-0.4, -0.2) is 52.1 Å². The highest BCUT2D eigenvalue weighted by Gasteiger charge is 2.23. The second-order valence-corrected chi connectivity index (χ2v) is 10.7. The molecule has 0 aliphatic carbocycles. The van der Waals surface area contributed by atoms with Crippen LogP contribution in [0.5, 0.6) is 5.75 Å². The molecule has 0 spiro atoms. The number of carbonyl (C=O) groups excluding carboxylic acids is 3. The molecule has 35 heavy (non-hydrogen) atoms. The topological polar surface area (TPSA) is 93.1 Å². The Labute approximate surface area is 212 Å². The van der Waals surface area contributed by atoms with Crippen molar-refractivity contribution in [3.8, 4) is 5.75 Å². The molecule has 1 amide bonds. The molecule has 2 rings (SSSR count). The first-order valence-electron chi connectivity index (χ1n) is 11.4. The Morgan fingerprint density at radius 3 is 2.20 bits per heavy atom. The van der Waals surface area contributed by atoms with Gasteiger partial charge in [-0.15, -0.1) is 0 Å². The Hall–Kier alpha value is -3.06. The number of phenolic OH excluding ortho intramolecular Hbond substituents is 1. The molecular weight excluding hydrogens is 470 g/mol. The van der Waals surface area contributed by atoms with Crippen LogP contribution in [0, 0.1) is 0 Å². The molecule has 0 aliphatic rings. The lowest BCUT2D eigenvalue weighted by atomic mass is 10.1. The number of amides is 1. The number of esters is 2. The molecule has 0 aromatic heterocycles. The van der Waals surface area contributed by atoms with Crippen molar-refractivity contribution in [2.75, 3.05) is 13.1 Å². The zero-order valence-electron chi connectivity index (χ0n) is 21.2. The van der Waals surface area contributed by atoms with Crippen LogP contribution in [0.1, 0.15) is 63.0 Å². The van der Waals surface area contributed by atoms with E-state index in [2.05, 4.69) is 0 Å². The lowest BCUT2D eigenvalue weighted by Gasteiger charge is -2.25. The van der Waals surface area contributed by atoms with Gasteiger partial charge in [0.15, 0.2) is 0 Å². The standard InChI is InChI=1S/C27H34ClNO6/c1-26(2,3)34-24(32)17-29(13-12-19-10-11-21(30)16-22(19)28)23(31)15-18-8-7-9-20(14-18)25(33)35-27(4,5)6/h7-11,14,16,30H,12-13,15,17H2,1-6H3. The van der Waals surface area contributed by atoms with Crippen molar-refractivity contribution in [3.63, 3.8) is 0 Å². The number of rotatable bonds is 8. The van der Waals surface area contributed by atoms with Crippen LogP contribution in [0.4, 0.5) is 0 Å². The predicted octanol–water partition coefficient (Wildman–Crippen LogP) is 4.96. The fourth-order valence-electron chi connectivity index (χ4n) is 3.25. The molecule has 0 fully saturated rings. The van der Waals surface area contributed by atoms with E-state index in [0.29, 0.717) is 22.6 Å². The summed E-state index contributed by atoms with van der Waals surface area (Å²) >= 11 is 6.21. The number of halogens is 1. The zero-order valence-corrected chi connectivity index (χ0v) is 21.9. The van der Waals surface area contributed by atoms with Gasteiger partial charge in [-0.2, -0.15) is 0 Å². The maximum absolute atomic E-state index is 13.2. The summed E-state index contributed by atoms with van der Waals surface area (Å²) in [6, 6.07) is 11.3. The average Bonchev–Trinajstić information content (AvgIpc) is 2.69. The summed E-state index contributed by atoms with van der Waals surface area (Å²) in [6.45, 7) is 10.6. The largest absolute Gasteiger partial charge is 0.508 e. The molecule has 8 heteroatoms. The predicted molar refractivity (Wildman–Crippen MR) is 135 cm³/mol. The molecule has 0 saturated heterocycles. The van der Waals surface area contributed by atoms with Crippen LogP contribution >= 0.6 is 11.6 Å². The van der Waals surface area contributed by atoms with Crippen LogP contribution in [0.3, 0.4) is 0 Å². The SMILES string of the molecule is CC(C)(C)OC(=O)CN(CCc1ccc(O)cc1Cl)C(=O)Cc1cccc(C(=O)OC(C)(C)C)c1. The van der Waals surface area contributed by atoms with Gasteiger partial charge in [-0.1, -0.05) is 29.8 Å². The van der Waals surface area contributed by atoms with Crippen molar-refractivity contribution in [2.24, 2.45) is 0 Å². The van der Waals surface area contributed by atoms with Gasteiger partial charge >= 0.3 is 11.9 Å². The summed E-state index contributed by atoms with van der Waals surface area (Å²) in [6.07, 6.45) is 0.369. The first-order valence-corrected chi connectivity index (χ1v) is 11.8. The molecule has 0 aliphatic heterocycles. The third kappa shape index (κ3) is 9.99. The second-order valence-electron chi connectivity index (χ2n) is 10.3. The summed E-state index contributed by atoms with van der Waals surface area (Å²) < 4.78 is 10.8. The summed E-state index contributed by atoms with van der Waals surface area (Å²) in [7, 11) is 0. The van der Waals surface area contributed by atoms with Crippen LogP contribution in [0.25, 0.3) is 0 Å². The van der Waals surface area contributed by atoms with Gasteiger partial charge in [-0.05, 0) is 83.4 Å². The van der Waals surface area contributed by atoms with Crippen molar-refractivity contribution >= 4 is 29.4 Å². The van der Waals surface area contributed by atoms with Crippen LogP contribution < -0.4 is 0 Å². The van der Waals surface area contributed by atoms with E-state index in [1.165, 1.54) is 17.0 Å². The number of aromatic hydroxyl groups is 1. The number of nitrogens with zero attached hydrogens (tertiary/aromatic N) is 1. The van der Waals surface area contributed by atoms with E-state index < -0.39 is 23.1 Å². The summed E-state index contributed by atoms with van der Waals surface area (Å²) in [5.74, 6) is -1.25. The Balaban J connectivity index is 2.18. The molecular formula is C27H34ClNO6. The highest BCUT2D eigenvalue weighted by atomic mass is 35.5. The number of hydrogen-bond acceptors (Lipinski definition) is 6. The van der Waals surface area contributed by atoms with Gasteiger partial charge in [-0.25, -0.2) is 4.79 Å². The quantitative estimate of drug-likeness (QED) is 0.512. The van der Waals surface area contributed by atoms with Gasteiger partial charge in [0.2, 0.25) is 5.91 Å². The molecule has 0 heterocycles. The Morgan fingerprint density at radius 2 is 1.60 bits per heavy atom. The number of ether oxygens (including phenoxy) is 2. The summed E-state index contributed by atoms with van der Waals surface area (Å²) in [4.78, 5) is 39.5. The van der Waals surface area contributed by atoms with Gasteiger partial charge in [0.25, 0.3) is 0 Å². The maximum Gasteiger partial charge on any atom is 0.338 e. The van der Waals surface area contributed by atoms with E-state index in [1.807, 2.05) is 0 Å². The minimum absolute atomic E-state index is 0.0112. The Kier molecular flexibility index (Phi) is 9.32. The third-order valence-corrected chi connectivity index (χ3v) is 5.05. The van der Waals surface area contributed by atoms with E-state index in [1.54, 1.807) is 71.9 Å². The van der Waals surface area contributed by atoms with Crippen LogP contribution in [0.15, 0.2) is 42.5 Å². The molecule has 0 radical (unpaired) electrons. The van der Waals surface area contributed by atoms with Crippen LogP contribution in [-0.2, 0) is 31.9 Å². The fourth-order valence-corrected chi connectivity index (χ4v) is 3.52. The second kappa shape index (κ2) is 11.6. The third-order valence-electron chi connectivity index (χ3n) is 4.70. The molecule has 0 unspecified atom stereocenters. The molecule has 2 aromatic rings. The van der Waals surface area contributed by atoms with Crippen LogP contribution in [0.2, 0.25) is 5.02 Å². The van der Waals surface area contributed by atoms with Gasteiger partial charge in [0.05, 0.1) is 12.0 Å². The molecule has 7 nitrogen and oxygen atoms in total. The summed E-state index contributed by atoms with van der Waals surface area (Å²) in [5.41, 5.74) is 0.379. The van der Waals surface area contributed by atoms with E-state index in [0.717, 1.165) is 5.56 Å². The number of carbonyl (C=O) groups is 3. The van der Waals surface area contributed by atoms with E-state index in [4.69, 9.17) is 21.1 Å². The molecule has 190 valence electrons. The van der Waals surface area contributed by atoms with E-state index in [9.17, 15) is 19.5 Å². The molecule has 0 bridgehead atoms. The number of hydrogen-bond donors (Lipinski definition) is 1. The number of phenols is 1. The fraction of sp³-hybridized carbons (Fsp3) is 0.444. The van der Waals surface area contributed by atoms with Gasteiger partial charge in [0.1, 0.15) is 23.5 Å². The molecule has 1 N–H and O–H groups in total. The first-order chi connectivity index (χ1) is 16.1. The maximum atomic E-state index is 13.2. The summed E-state index contributed by atoms with van der Waals surface area (Å²) in [5, 5.41) is 9.95. The molecule has 0 atom stereocenters.